The van der Waals surface area contributed by atoms with E-state index in [-0.39, 0.29) is 28.9 Å². The van der Waals surface area contributed by atoms with Crippen LogP contribution in [0.4, 0.5) is 5.69 Å². The Morgan fingerprint density at radius 1 is 1.23 bits per heavy atom. The predicted molar refractivity (Wildman–Crippen MR) is 102 cm³/mol. The molecule has 6 nitrogen and oxygen atoms in total. The average molecular weight is 375 g/mol. The Labute approximate surface area is 154 Å². The zero-order chi connectivity index (χ0) is 19.1. The lowest BCUT2D eigenvalue weighted by atomic mass is 9.87. The largest absolute Gasteiger partial charge is 0.322 e. The van der Waals surface area contributed by atoms with E-state index in [1.807, 2.05) is 24.3 Å². The summed E-state index contributed by atoms with van der Waals surface area (Å²) >= 11 is 0. The van der Waals surface area contributed by atoms with Gasteiger partial charge in [-0.15, -0.1) is 0 Å². The van der Waals surface area contributed by atoms with E-state index in [4.69, 9.17) is 0 Å². The van der Waals surface area contributed by atoms with Crippen molar-refractivity contribution in [2.75, 3.05) is 16.8 Å². The first-order valence-electron chi connectivity index (χ1n) is 8.73. The number of hydrogen-bond acceptors (Lipinski definition) is 4. The number of rotatable bonds is 3. The first kappa shape index (κ1) is 18.6. The van der Waals surface area contributed by atoms with Gasteiger partial charge < -0.3 is 5.32 Å². The molecule has 1 aliphatic rings. The highest BCUT2D eigenvalue weighted by atomic mass is 32.2. The van der Waals surface area contributed by atoms with Crippen molar-refractivity contribution >= 4 is 21.4 Å². The third-order valence-electron chi connectivity index (χ3n) is 4.85. The molecule has 1 atom stereocenters. The van der Waals surface area contributed by atoms with Crippen LogP contribution >= 0.6 is 0 Å². The summed E-state index contributed by atoms with van der Waals surface area (Å²) in [4.78, 5) is 12.6. The second kappa shape index (κ2) is 6.54. The first-order chi connectivity index (χ1) is 12.1. The summed E-state index contributed by atoms with van der Waals surface area (Å²) in [5, 5.41) is 7.15. The van der Waals surface area contributed by atoms with Crippen LogP contribution in [0.15, 0.2) is 30.5 Å². The third-order valence-corrected chi connectivity index (χ3v) is 6.60. The maximum Gasteiger partial charge on any atom is 0.259 e. The van der Waals surface area contributed by atoms with Crippen LogP contribution in [0.25, 0.3) is 0 Å². The smallest absolute Gasteiger partial charge is 0.259 e. The Bertz CT molecular complexity index is 922. The van der Waals surface area contributed by atoms with E-state index in [2.05, 4.69) is 31.2 Å². The van der Waals surface area contributed by atoms with Crippen molar-refractivity contribution in [3.63, 3.8) is 0 Å². The lowest BCUT2D eigenvalue weighted by molar-refractivity contribution is 0.102. The van der Waals surface area contributed by atoms with Gasteiger partial charge in [-0.3, -0.25) is 9.48 Å². The fourth-order valence-corrected chi connectivity index (χ4v) is 4.93. The van der Waals surface area contributed by atoms with E-state index < -0.39 is 9.84 Å². The number of benzene rings is 1. The number of anilines is 1. The molecule has 1 aliphatic heterocycles. The molecule has 1 amide bonds. The lowest BCUT2D eigenvalue weighted by Gasteiger charge is -2.19. The van der Waals surface area contributed by atoms with Gasteiger partial charge in [0, 0.05) is 11.4 Å². The second-order valence-electron chi connectivity index (χ2n) is 7.93. The van der Waals surface area contributed by atoms with Crippen molar-refractivity contribution in [3.05, 3.63) is 47.3 Å². The van der Waals surface area contributed by atoms with Crippen LogP contribution in [0, 0.1) is 6.92 Å². The molecule has 2 heterocycles. The second-order valence-corrected chi connectivity index (χ2v) is 10.2. The molecular weight excluding hydrogens is 350 g/mol. The number of nitrogens with zero attached hydrogens (tertiary/aromatic N) is 2. The Hall–Kier alpha value is -2.15. The Kier molecular flexibility index (Phi) is 4.69. The summed E-state index contributed by atoms with van der Waals surface area (Å²) in [5.41, 5.74) is 3.13. The van der Waals surface area contributed by atoms with Gasteiger partial charge in [0.2, 0.25) is 0 Å². The molecule has 1 N–H and O–H groups in total. The quantitative estimate of drug-likeness (QED) is 0.894. The summed E-state index contributed by atoms with van der Waals surface area (Å²) in [6.07, 6.45) is 2.05. The molecule has 26 heavy (non-hydrogen) atoms. The Morgan fingerprint density at radius 3 is 2.42 bits per heavy atom. The van der Waals surface area contributed by atoms with Crippen LogP contribution in [-0.4, -0.2) is 35.6 Å². The fourth-order valence-electron chi connectivity index (χ4n) is 3.23. The molecule has 1 aromatic carbocycles. The molecule has 140 valence electrons. The van der Waals surface area contributed by atoms with Gasteiger partial charge in [0.1, 0.15) is 0 Å². The Balaban J connectivity index is 1.75. The van der Waals surface area contributed by atoms with Gasteiger partial charge >= 0.3 is 0 Å². The molecule has 0 aliphatic carbocycles. The minimum absolute atomic E-state index is 0.0574. The number of hydrogen-bond donors (Lipinski definition) is 1. The molecule has 0 spiro atoms. The van der Waals surface area contributed by atoms with Gasteiger partial charge in [0.25, 0.3) is 5.91 Å². The zero-order valence-corrected chi connectivity index (χ0v) is 16.4. The SMILES string of the molecule is Cc1c(C(=O)Nc2ccc(C(C)(C)C)cc2)cnn1C1CCS(=O)(=O)C1. The highest BCUT2D eigenvalue weighted by Gasteiger charge is 2.31. The van der Waals surface area contributed by atoms with Crippen molar-refractivity contribution in [1.82, 2.24) is 9.78 Å². The number of amides is 1. The molecule has 0 saturated carbocycles. The van der Waals surface area contributed by atoms with Crippen LogP contribution in [-0.2, 0) is 15.3 Å². The van der Waals surface area contributed by atoms with E-state index in [1.54, 1.807) is 11.6 Å². The zero-order valence-electron chi connectivity index (χ0n) is 15.6. The van der Waals surface area contributed by atoms with E-state index in [0.29, 0.717) is 17.7 Å². The van der Waals surface area contributed by atoms with Crippen molar-refractivity contribution in [3.8, 4) is 0 Å². The molecule has 1 unspecified atom stereocenters. The molecular formula is C19H25N3O3S. The molecule has 3 rings (SSSR count). The third kappa shape index (κ3) is 3.82. The number of sulfone groups is 1. The molecule has 2 aromatic rings. The maximum atomic E-state index is 12.6. The van der Waals surface area contributed by atoms with E-state index in [9.17, 15) is 13.2 Å². The van der Waals surface area contributed by atoms with Crippen molar-refractivity contribution in [2.24, 2.45) is 0 Å². The lowest BCUT2D eigenvalue weighted by Crippen LogP contribution is -2.16. The summed E-state index contributed by atoms with van der Waals surface area (Å²) in [6.45, 7) is 8.22. The van der Waals surface area contributed by atoms with Crippen molar-refractivity contribution in [2.45, 2.75) is 45.6 Å². The van der Waals surface area contributed by atoms with Crippen LogP contribution in [0.5, 0.6) is 0 Å². The summed E-state index contributed by atoms with van der Waals surface area (Å²) in [6, 6.07) is 7.61. The minimum atomic E-state index is -3.00. The summed E-state index contributed by atoms with van der Waals surface area (Å²) in [7, 11) is -3.00. The Morgan fingerprint density at radius 2 is 1.88 bits per heavy atom. The maximum absolute atomic E-state index is 12.6. The van der Waals surface area contributed by atoms with E-state index in [0.717, 1.165) is 5.69 Å². The molecule has 1 saturated heterocycles. The first-order valence-corrected chi connectivity index (χ1v) is 10.6. The van der Waals surface area contributed by atoms with Gasteiger partial charge in [-0.05, 0) is 36.5 Å². The monoisotopic (exact) mass is 375 g/mol. The van der Waals surface area contributed by atoms with Gasteiger partial charge in [-0.1, -0.05) is 32.9 Å². The van der Waals surface area contributed by atoms with Crippen LogP contribution < -0.4 is 5.32 Å². The fraction of sp³-hybridized carbons (Fsp3) is 0.474. The van der Waals surface area contributed by atoms with E-state index >= 15 is 0 Å². The predicted octanol–water partition coefficient (Wildman–Crippen LogP) is 3.10. The number of carbonyl (C=O) groups excluding carboxylic acids is 1. The summed E-state index contributed by atoms with van der Waals surface area (Å²) < 4.78 is 25.0. The highest BCUT2D eigenvalue weighted by molar-refractivity contribution is 7.91. The van der Waals surface area contributed by atoms with Gasteiger partial charge in [0.05, 0.1) is 29.3 Å². The number of aromatic nitrogens is 2. The van der Waals surface area contributed by atoms with Gasteiger partial charge in [-0.25, -0.2) is 8.42 Å². The van der Waals surface area contributed by atoms with Gasteiger partial charge in [0.15, 0.2) is 9.84 Å². The van der Waals surface area contributed by atoms with Crippen LogP contribution in [0.1, 0.15) is 54.8 Å². The van der Waals surface area contributed by atoms with Gasteiger partial charge in [-0.2, -0.15) is 5.10 Å². The number of nitrogens with one attached hydrogen (secondary N) is 1. The van der Waals surface area contributed by atoms with Crippen molar-refractivity contribution in [1.29, 1.82) is 0 Å². The molecule has 1 aromatic heterocycles. The van der Waals surface area contributed by atoms with Crippen LogP contribution in [0.2, 0.25) is 0 Å². The molecule has 0 bridgehead atoms. The number of carbonyl (C=O) groups is 1. The summed E-state index contributed by atoms with van der Waals surface area (Å²) in [5.74, 6) is 0.0295. The average Bonchev–Trinajstić information content (AvgIpc) is 3.09. The van der Waals surface area contributed by atoms with Crippen molar-refractivity contribution < 1.29 is 13.2 Å². The molecule has 7 heteroatoms. The molecule has 1 fully saturated rings. The van der Waals surface area contributed by atoms with Crippen LogP contribution in [0.3, 0.4) is 0 Å². The van der Waals surface area contributed by atoms with E-state index in [1.165, 1.54) is 11.8 Å². The normalized spacial score (nSPS) is 19.5. The minimum Gasteiger partial charge on any atom is -0.322 e. The standard InChI is InChI=1S/C19H25N3O3S/c1-13-17(11-20-22(13)16-9-10-26(24,25)12-16)18(23)21-15-7-5-14(6-8-15)19(2,3)4/h5-8,11,16H,9-10,12H2,1-4H3,(H,21,23). The highest BCUT2D eigenvalue weighted by Crippen LogP contribution is 2.26. The molecule has 0 radical (unpaired) electrons. The topological polar surface area (TPSA) is 81.1 Å².